The van der Waals surface area contributed by atoms with Crippen LogP contribution in [0.15, 0.2) is 55.0 Å². The Labute approximate surface area is 147 Å². The highest BCUT2D eigenvalue weighted by Gasteiger charge is 2.20. The molecule has 0 aliphatic carbocycles. The molecule has 2 aromatic heterocycles. The van der Waals surface area contributed by atoms with E-state index in [0.29, 0.717) is 0 Å². The van der Waals surface area contributed by atoms with E-state index in [1.54, 1.807) is 13.3 Å². The Morgan fingerprint density at radius 3 is 2.84 bits per heavy atom. The fourth-order valence-electron chi connectivity index (χ4n) is 3.21. The molecule has 25 heavy (non-hydrogen) atoms. The number of ether oxygens (including phenoxy) is 1. The van der Waals surface area contributed by atoms with Gasteiger partial charge in [0.15, 0.2) is 5.82 Å². The van der Waals surface area contributed by atoms with Crippen molar-refractivity contribution in [3.05, 3.63) is 71.8 Å². The minimum absolute atomic E-state index is 0.807. The summed E-state index contributed by atoms with van der Waals surface area (Å²) >= 11 is 0. The first-order valence-corrected chi connectivity index (χ1v) is 8.43. The van der Waals surface area contributed by atoms with Crippen LogP contribution in [-0.2, 0) is 19.5 Å². The maximum Gasteiger partial charge on any atom is 0.159 e. The number of nitrogens with zero attached hydrogens (tertiary/aromatic N) is 4. The van der Waals surface area contributed by atoms with Crippen LogP contribution < -0.4 is 4.74 Å². The lowest BCUT2D eigenvalue weighted by atomic mass is 10.1. The third-order valence-electron chi connectivity index (χ3n) is 4.52. The zero-order valence-corrected chi connectivity index (χ0v) is 14.2. The van der Waals surface area contributed by atoms with Crippen molar-refractivity contribution >= 4 is 0 Å². The van der Waals surface area contributed by atoms with Gasteiger partial charge in [0.2, 0.25) is 0 Å². The normalized spacial score (nSPS) is 14.1. The van der Waals surface area contributed by atoms with Gasteiger partial charge < -0.3 is 4.74 Å². The van der Waals surface area contributed by atoms with Crippen molar-refractivity contribution in [3.63, 3.8) is 0 Å². The number of rotatable bonds is 4. The Kier molecular flexibility index (Phi) is 4.39. The Hall–Kier alpha value is -2.79. The Morgan fingerprint density at radius 1 is 1.12 bits per heavy atom. The molecule has 3 aromatic rings. The van der Waals surface area contributed by atoms with E-state index in [2.05, 4.69) is 14.9 Å². The topological polar surface area (TPSA) is 51.1 Å². The molecule has 4 rings (SSSR count). The molecule has 0 radical (unpaired) electrons. The summed E-state index contributed by atoms with van der Waals surface area (Å²) in [7, 11) is 1.70. The summed E-state index contributed by atoms with van der Waals surface area (Å²) in [4.78, 5) is 15.9. The highest BCUT2D eigenvalue weighted by Crippen LogP contribution is 2.24. The van der Waals surface area contributed by atoms with Crippen molar-refractivity contribution in [2.45, 2.75) is 19.5 Å². The van der Waals surface area contributed by atoms with Crippen molar-refractivity contribution in [2.75, 3.05) is 13.7 Å². The molecule has 0 fully saturated rings. The van der Waals surface area contributed by atoms with E-state index in [-0.39, 0.29) is 0 Å². The van der Waals surface area contributed by atoms with Crippen molar-refractivity contribution < 1.29 is 4.74 Å². The van der Waals surface area contributed by atoms with Gasteiger partial charge in [-0.05, 0) is 6.07 Å². The van der Waals surface area contributed by atoms with Crippen LogP contribution in [0.4, 0.5) is 0 Å². The lowest BCUT2D eigenvalue weighted by molar-refractivity contribution is 0.239. The molecule has 1 aliphatic heterocycles. The fourth-order valence-corrected chi connectivity index (χ4v) is 3.21. The third kappa shape index (κ3) is 3.37. The zero-order chi connectivity index (χ0) is 17.1. The molecule has 0 atom stereocenters. The average molecular weight is 332 g/mol. The third-order valence-corrected chi connectivity index (χ3v) is 4.52. The van der Waals surface area contributed by atoms with Gasteiger partial charge in [-0.2, -0.15) is 0 Å². The zero-order valence-electron chi connectivity index (χ0n) is 14.2. The van der Waals surface area contributed by atoms with Crippen LogP contribution in [0.2, 0.25) is 0 Å². The largest absolute Gasteiger partial charge is 0.496 e. The number of benzene rings is 1. The first kappa shape index (κ1) is 15.7. The fraction of sp³-hybridized carbons (Fsp3) is 0.250. The molecule has 3 heterocycles. The van der Waals surface area contributed by atoms with Gasteiger partial charge in [0, 0.05) is 61.3 Å². The summed E-state index contributed by atoms with van der Waals surface area (Å²) in [6.07, 6.45) is 6.54. The second kappa shape index (κ2) is 6.99. The van der Waals surface area contributed by atoms with Gasteiger partial charge in [0.1, 0.15) is 5.75 Å². The standard InChI is InChI=1S/C20H20N4O/c1-25-19-7-9-21-11-17(19)14-24-10-8-18-16(13-24)12-22-20(23-18)15-5-3-2-4-6-15/h2-7,9,11-12H,8,10,13-14H2,1H3. The van der Waals surface area contributed by atoms with Gasteiger partial charge in [-0.3, -0.25) is 9.88 Å². The summed E-state index contributed by atoms with van der Waals surface area (Å²) in [5, 5.41) is 0. The molecule has 0 N–H and O–H groups in total. The molecule has 0 saturated heterocycles. The Morgan fingerprint density at radius 2 is 2.00 bits per heavy atom. The minimum Gasteiger partial charge on any atom is -0.496 e. The molecule has 0 saturated carbocycles. The number of hydrogen-bond acceptors (Lipinski definition) is 5. The van der Waals surface area contributed by atoms with Crippen LogP contribution in [0, 0.1) is 0 Å². The maximum absolute atomic E-state index is 5.43. The summed E-state index contributed by atoms with van der Waals surface area (Å²) in [5.74, 6) is 1.69. The van der Waals surface area contributed by atoms with Crippen LogP contribution in [0.1, 0.15) is 16.8 Å². The Balaban J connectivity index is 1.52. The van der Waals surface area contributed by atoms with Crippen LogP contribution in [0.5, 0.6) is 5.75 Å². The highest BCUT2D eigenvalue weighted by molar-refractivity contribution is 5.54. The highest BCUT2D eigenvalue weighted by atomic mass is 16.5. The Bertz CT molecular complexity index is 867. The van der Waals surface area contributed by atoms with Crippen molar-refractivity contribution in [3.8, 4) is 17.1 Å². The molecule has 0 unspecified atom stereocenters. The van der Waals surface area contributed by atoms with E-state index >= 15 is 0 Å². The van der Waals surface area contributed by atoms with Crippen LogP contribution >= 0.6 is 0 Å². The van der Waals surface area contributed by atoms with Gasteiger partial charge in [-0.1, -0.05) is 30.3 Å². The lowest BCUT2D eigenvalue weighted by Gasteiger charge is -2.28. The summed E-state index contributed by atoms with van der Waals surface area (Å²) in [6.45, 7) is 2.63. The molecule has 5 heteroatoms. The average Bonchev–Trinajstić information content (AvgIpc) is 2.68. The number of hydrogen-bond donors (Lipinski definition) is 0. The molecule has 0 amide bonds. The minimum atomic E-state index is 0.807. The first-order chi connectivity index (χ1) is 12.3. The van der Waals surface area contributed by atoms with Gasteiger partial charge in [-0.15, -0.1) is 0 Å². The predicted octanol–water partition coefficient (Wildman–Crippen LogP) is 3.11. The SMILES string of the molecule is COc1ccncc1CN1CCc2nc(-c3ccccc3)ncc2C1. The molecule has 1 aliphatic rings. The molecular weight excluding hydrogens is 312 g/mol. The number of methoxy groups -OCH3 is 1. The van der Waals surface area contributed by atoms with E-state index < -0.39 is 0 Å². The molecule has 1 aromatic carbocycles. The van der Waals surface area contributed by atoms with E-state index in [9.17, 15) is 0 Å². The van der Waals surface area contributed by atoms with Crippen molar-refractivity contribution in [2.24, 2.45) is 0 Å². The van der Waals surface area contributed by atoms with Crippen molar-refractivity contribution in [1.29, 1.82) is 0 Å². The molecule has 126 valence electrons. The van der Waals surface area contributed by atoms with Crippen LogP contribution in [0.25, 0.3) is 11.4 Å². The van der Waals surface area contributed by atoms with E-state index in [1.165, 1.54) is 5.56 Å². The second-order valence-corrected chi connectivity index (χ2v) is 6.18. The smallest absolute Gasteiger partial charge is 0.159 e. The molecule has 0 bridgehead atoms. The lowest BCUT2D eigenvalue weighted by Crippen LogP contribution is -2.31. The molecule has 0 spiro atoms. The summed E-state index contributed by atoms with van der Waals surface area (Å²) in [5.41, 5.74) is 4.53. The monoisotopic (exact) mass is 332 g/mol. The van der Waals surface area contributed by atoms with Crippen LogP contribution in [0.3, 0.4) is 0 Å². The van der Waals surface area contributed by atoms with Gasteiger partial charge in [0.25, 0.3) is 0 Å². The van der Waals surface area contributed by atoms with E-state index in [4.69, 9.17) is 9.72 Å². The van der Waals surface area contributed by atoms with E-state index in [1.807, 2.05) is 48.8 Å². The number of fused-ring (bicyclic) bond motifs is 1. The van der Waals surface area contributed by atoms with Crippen molar-refractivity contribution in [1.82, 2.24) is 19.9 Å². The quantitative estimate of drug-likeness (QED) is 0.735. The van der Waals surface area contributed by atoms with Crippen LogP contribution in [-0.4, -0.2) is 33.5 Å². The number of pyridine rings is 1. The predicted molar refractivity (Wildman–Crippen MR) is 96.1 cm³/mol. The second-order valence-electron chi connectivity index (χ2n) is 6.18. The van der Waals surface area contributed by atoms with E-state index in [0.717, 1.165) is 54.4 Å². The summed E-state index contributed by atoms with van der Waals surface area (Å²) in [6, 6.07) is 12.0. The van der Waals surface area contributed by atoms with Gasteiger partial charge in [-0.25, -0.2) is 9.97 Å². The van der Waals surface area contributed by atoms with Gasteiger partial charge >= 0.3 is 0 Å². The maximum atomic E-state index is 5.43. The first-order valence-electron chi connectivity index (χ1n) is 8.43. The molecular formula is C20H20N4O. The molecule has 5 nitrogen and oxygen atoms in total. The van der Waals surface area contributed by atoms with Gasteiger partial charge in [0.05, 0.1) is 12.8 Å². The summed E-state index contributed by atoms with van der Waals surface area (Å²) < 4.78 is 5.43. The number of aromatic nitrogens is 3.